The molecule has 0 saturated carbocycles. The van der Waals surface area contributed by atoms with Gasteiger partial charge in [0.2, 0.25) is 5.91 Å². The molecule has 0 fully saturated rings. The maximum atomic E-state index is 12.4. The number of nitrogens with one attached hydrogen (secondary N) is 1. The fourth-order valence-electron chi connectivity index (χ4n) is 2.11. The predicted octanol–water partition coefficient (Wildman–Crippen LogP) is 5.58. The molecule has 0 aliphatic rings. The Bertz CT molecular complexity index is 819. The molecule has 1 atom stereocenters. The third-order valence-corrected chi connectivity index (χ3v) is 5.49. The van der Waals surface area contributed by atoms with E-state index in [0.717, 1.165) is 21.2 Å². The van der Waals surface area contributed by atoms with Crippen molar-refractivity contribution in [3.8, 4) is 10.6 Å². The van der Waals surface area contributed by atoms with E-state index in [9.17, 15) is 4.79 Å². The molecule has 24 heavy (non-hydrogen) atoms. The predicted molar refractivity (Wildman–Crippen MR) is 103 cm³/mol. The van der Waals surface area contributed by atoms with Crippen molar-refractivity contribution in [2.24, 2.45) is 0 Å². The van der Waals surface area contributed by atoms with E-state index in [0.29, 0.717) is 5.02 Å². The number of aromatic nitrogens is 1. The first-order chi connectivity index (χ1) is 11.6. The minimum Gasteiger partial charge on any atom is -0.325 e. The van der Waals surface area contributed by atoms with Crippen molar-refractivity contribution in [2.45, 2.75) is 17.1 Å². The molecule has 3 nitrogen and oxygen atoms in total. The minimum atomic E-state index is -0.213. The molecule has 3 aromatic rings. The van der Waals surface area contributed by atoms with Gasteiger partial charge in [-0.15, -0.1) is 23.1 Å². The molecule has 122 valence electrons. The van der Waals surface area contributed by atoms with E-state index in [4.69, 9.17) is 11.6 Å². The van der Waals surface area contributed by atoms with E-state index in [1.54, 1.807) is 17.5 Å². The molecular formula is C18H15ClN2OS2. The normalized spacial score (nSPS) is 11.9. The zero-order valence-corrected chi connectivity index (χ0v) is 15.3. The fraction of sp³-hybridized carbons (Fsp3) is 0.111. The van der Waals surface area contributed by atoms with Crippen LogP contribution in [0.2, 0.25) is 5.02 Å². The molecule has 1 amide bonds. The van der Waals surface area contributed by atoms with Crippen LogP contribution in [0, 0.1) is 0 Å². The van der Waals surface area contributed by atoms with Crippen LogP contribution >= 0.6 is 34.7 Å². The second-order valence-electron chi connectivity index (χ2n) is 5.12. The molecule has 6 heteroatoms. The molecule has 0 aliphatic carbocycles. The molecule has 0 bridgehead atoms. The summed E-state index contributed by atoms with van der Waals surface area (Å²) in [5.74, 6) is -0.0359. The van der Waals surface area contributed by atoms with Crippen LogP contribution in [0.1, 0.15) is 6.92 Å². The number of carbonyl (C=O) groups excluding carboxylic acids is 1. The van der Waals surface area contributed by atoms with Gasteiger partial charge in [0.25, 0.3) is 0 Å². The SMILES string of the molecule is CC(Sc1ccc(Cl)cc1)C(=O)Nc1cccc(-c2nccs2)c1. The number of thioether (sulfide) groups is 1. The van der Waals surface area contributed by atoms with Gasteiger partial charge in [0, 0.05) is 32.7 Å². The first kappa shape index (κ1) is 17.0. The minimum absolute atomic E-state index is 0.0359. The number of amides is 1. The van der Waals surface area contributed by atoms with Crippen LogP contribution in [0.4, 0.5) is 5.69 Å². The van der Waals surface area contributed by atoms with Crippen molar-refractivity contribution < 1.29 is 4.79 Å². The summed E-state index contributed by atoms with van der Waals surface area (Å²) in [4.78, 5) is 17.7. The topological polar surface area (TPSA) is 42.0 Å². The van der Waals surface area contributed by atoms with Gasteiger partial charge in [-0.3, -0.25) is 4.79 Å². The highest BCUT2D eigenvalue weighted by molar-refractivity contribution is 8.00. The average molecular weight is 375 g/mol. The molecule has 0 saturated heterocycles. The molecule has 1 N–H and O–H groups in total. The van der Waals surface area contributed by atoms with Crippen molar-refractivity contribution in [3.05, 3.63) is 65.1 Å². The molecule has 1 aromatic heterocycles. The van der Waals surface area contributed by atoms with Gasteiger partial charge in [0.05, 0.1) is 5.25 Å². The maximum Gasteiger partial charge on any atom is 0.237 e. The van der Waals surface area contributed by atoms with Gasteiger partial charge in [-0.25, -0.2) is 4.98 Å². The van der Waals surface area contributed by atoms with E-state index >= 15 is 0 Å². The number of hydrogen-bond donors (Lipinski definition) is 1. The van der Waals surface area contributed by atoms with Gasteiger partial charge in [-0.2, -0.15) is 0 Å². The van der Waals surface area contributed by atoms with Crippen LogP contribution in [-0.4, -0.2) is 16.1 Å². The lowest BCUT2D eigenvalue weighted by atomic mass is 10.2. The van der Waals surface area contributed by atoms with E-state index in [1.807, 2.05) is 60.8 Å². The fourth-order valence-corrected chi connectivity index (χ4v) is 3.74. The number of nitrogens with zero attached hydrogens (tertiary/aromatic N) is 1. The quantitative estimate of drug-likeness (QED) is 0.592. The molecule has 0 aliphatic heterocycles. The van der Waals surface area contributed by atoms with Crippen LogP contribution in [0.3, 0.4) is 0 Å². The zero-order valence-electron chi connectivity index (χ0n) is 12.9. The van der Waals surface area contributed by atoms with Gasteiger partial charge >= 0.3 is 0 Å². The Morgan fingerprint density at radius 2 is 2.04 bits per heavy atom. The lowest BCUT2D eigenvalue weighted by Crippen LogP contribution is -2.22. The summed E-state index contributed by atoms with van der Waals surface area (Å²) in [6.07, 6.45) is 1.77. The molecule has 3 rings (SSSR count). The second kappa shape index (κ2) is 7.83. The first-order valence-electron chi connectivity index (χ1n) is 7.35. The Morgan fingerprint density at radius 3 is 2.75 bits per heavy atom. The van der Waals surface area contributed by atoms with Gasteiger partial charge in [0.15, 0.2) is 0 Å². The van der Waals surface area contributed by atoms with Gasteiger partial charge in [0.1, 0.15) is 5.01 Å². The third-order valence-electron chi connectivity index (χ3n) is 3.31. The van der Waals surface area contributed by atoms with E-state index in [2.05, 4.69) is 10.3 Å². The lowest BCUT2D eigenvalue weighted by Gasteiger charge is -2.12. The van der Waals surface area contributed by atoms with Crippen LogP contribution < -0.4 is 5.32 Å². The molecule has 1 heterocycles. The summed E-state index contributed by atoms with van der Waals surface area (Å²) in [5, 5.41) is 6.32. The molecule has 1 unspecified atom stereocenters. The summed E-state index contributed by atoms with van der Waals surface area (Å²) in [7, 11) is 0. The van der Waals surface area contributed by atoms with Crippen LogP contribution in [0.25, 0.3) is 10.6 Å². The maximum absolute atomic E-state index is 12.4. The van der Waals surface area contributed by atoms with Crippen molar-refractivity contribution in [2.75, 3.05) is 5.32 Å². The highest BCUT2D eigenvalue weighted by atomic mass is 35.5. The van der Waals surface area contributed by atoms with Crippen LogP contribution in [0.15, 0.2) is 65.0 Å². The zero-order chi connectivity index (χ0) is 16.9. The Hall–Kier alpha value is -1.82. The molecular weight excluding hydrogens is 360 g/mol. The number of benzene rings is 2. The Kier molecular flexibility index (Phi) is 5.56. The lowest BCUT2D eigenvalue weighted by molar-refractivity contribution is -0.115. The summed E-state index contributed by atoms with van der Waals surface area (Å²) in [6, 6.07) is 15.2. The first-order valence-corrected chi connectivity index (χ1v) is 9.48. The smallest absolute Gasteiger partial charge is 0.237 e. The Morgan fingerprint density at radius 1 is 1.25 bits per heavy atom. The third kappa shape index (κ3) is 4.38. The average Bonchev–Trinajstić information content (AvgIpc) is 3.12. The van der Waals surface area contributed by atoms with E-state index in [1.165, 1.54) is 11.8 Å². The van der Waals surface area contributed by atoms with E-state index in [-0.39, 0.29) is 11.2 Å². The van der Waals surface area contributed by atoms with Gasteiger partial charge in [-0.05, 0) is 43.3 Å². The van der Waals surface area contributed by atoms with Crippen molar-refractivity contribution in [3.63, 3.8) is 0 Å². The second-order valence-corrected chi connectivity index (χ2v) is 7.87. The van der Waals surface area contributed by atoms with Crippen LogP contribution in [0.5, 0.6) is 0 Å². The summed E-state index contributed by atoms with van der Waals surface area (Å²) < 4.78 is 0. The summed E-state index contributed by atoms with van der Waals surface area (Å²) in [6.45, 7) is 1.89. The monoisotopic (exact) mass is 374 g/mol. The Balaban J connectivity index is 1.66. The van der Waals surface area contributed by atoms with Gasteiger partial charge < -0.3 is 5.32 Å². The summed E-state index contributed by atoms with van der Waals surface area (Å²) >= 11 is 8.96. The highest BCUT2D eigenvalue weighted by Crippen LogP contribution is 2.27. The van der Waals surface area contributed by atoms with Crippen molar-refractivity contribution in [1.82, 2.24) is 4.98 Å². The van der Waals surface area contributed by atoms with Crippen molar-refractivity contribution in [1.29, 1.82) is 0 Å². The standard InChI is InChI=1S/C18H15ClN2OS2/c1-12(24-16-7-5-14(19)6-8-16)17(22)21-15-4-2-3-13(11-15)18-20-9-10-23-18/h2-12H,1H3,(H,21,22). The number of carbonyl (C=O) groups is 1. The number of hydrogen-bond acceptors (Lipinski definition) is 4. The van der Waals surface area contributed by atoms with Crippen LogP contribution in [-0.2, 0) is 4.79 Å². The molecule has 0 radical (unpaired) electrons. The summed E-state index contributed by atoms with van der Waals surface area (Å²) in [5.41, 5.74) is 1.78. The van der Waals surface area contributed by atoms with E-state index < -0.39 is 0 Å². The largest absolute Gasteiger partial charge is 0.325 e. The number of thiazole rings is 1. The highest BCUT2D eigenvalue weighted by Gasteiger charge is 2.15. The van der Waals surface area contributed by atoms with Gasteiger partial charge in [-0.1, -0.05) is 23.7 Å². The molecule has 0 spiro atoms. The number of anilines is 1. The number of rotatable bonds is 5. The number of halogens is 1. The Labute approximate surface area is 154 Å². The van der Waals surface area contributed by atoms with Crippen molar-refractivity contribution >= 4 is 46.3 Å². The molecule has 2 aromatic carbocycles.